The number of aryl methyl sites for hydroxylation is 1. The van der Waals surface area contributed by atoms with E-state index in [1.54, 1.807) is 7.05 Å². The number of benzene rings is 2. The molecule has 0 aliphatic rings. The van der Waals surface area contributed by atoms with Crippen molar-refractivity contribution in [3.05, 3.63) is 75.8 Å². The fourth-order valence-corrected chi connectivity index (χ4v) is 2.42. The zero-order valence-corrected chi connectivity index (χ0v) is 12.4. The molecule has 0 unspecified atom stereocenters. The monoisotopic (exact) mass is 332 g/mol. The van der Waals surface area contributed by atoms with Gasteiger partial charge in [-0.05, 0) is 30.3 Å². The number of fused-ring (bicyclic) bond motifs is 1. The first-order valence-corrected chi connectivity index (χ1v) is 6.92. The van der Waals surface area contributed by atoms with Gasteiger partial charge in [0.25, 0.3) is 5.91 Å². The minimum Gasteiger partial charge on any atom is -0.350 e. The lowest BCUT2D eigenvalue weighted by atomic mass is 10.1. The summed E-state index contributed by atoms with van der Waals surface area (Å²) in [5.74, 6) is -3.54. The van der Waals surface area contributed by atoms with Crippen LogP contribution in [0.3, 0.4) is 0 Å². The number of nitrogens with zero attached hydrogens (tertiary/aromatic N) is 1. The highest BCUT2D eigenvalue weighted by molar-refractivity contribution is 6.05. The molecule has 1 N–H and O–H groups in total. The molecule has 0 saturated heterocycles. The number of amides is 1. The third-order valence-corrected chi connectivity index (χ3v) is 3.60. The van der Waals surface area contributed by atoms with E-state index in [1.165, 1.54) is 22.9 Å². The molecule has 3 aromatic rings. The Labute approximate surface area is 134 Å². The first-order valence-electron chi connectivity index (χ1n) is 6.92. The first-order chi connectivity index (χ1) is 11.4. The summed E-state index contributed by atoms with van der Waals surface area (Å²) in [4.78, 5) is 24.7. The van der Waals surface area contributed by atoms with Gasteiger partial charge in [0.05, 0.1) is 5.52 Å². The fraction of sp³-hybridized carbons (Fsp3) is 0.0588. The van der Waals surface area contributed by atoms with Gasteiger partial charge in [0.2, 0.25) is 5.43 Å². The zero-order chi connectivity index (χ0) is 17.4. The summed E-state index contributed by atoms with van der Waals surface area (Å²) >= 11 is 0. The highest BCUT2D eigenvalue weighted by Gasteiger charge is 2.18. The Balaban J connectivity index is 2.11. The molecule has 0 aliphatic carbocycles. The molecule has 1 amide bonds. The maximum absolute atomic E-state index is 13.6. The van der Waals surface area contributed by atoms with Crippen LogP contribution in [0.25, 0.3) is 10.9 Å². The van der Waals surface area contributed by atoms with E-state index in [-0.39, 0.29) is 10.9 Å². The Morgan fingerprint density at radius 1 is 1.08 bits per heavy atom. The maximum Gasteiger partial charge on any atom is 0.261 e. The second-order valence-corrected chi connectivity index (χ2v) is 5.20. The average Bonchev–Trinajstić information content (AvgIpc) is 2.54. The highest BCUT2D eigenvalue weighted by Crippen LogP contribution is 2.19. The second-order valence-electron chi connectivity index (χ2n) is 5.20. The van der Waals surface area contributed by atoms with Crippen molar-refractivity contribution < 1.29 is 18.0 Å². The Kier molecular flexibility index (Phi) is 3.84. The van der Waals surface area contributed by atoms with Crippen LogP contribution in [0, 0.1) is 17.5 Å². The van der Waals surface area contributed by atoms with Crippen molar-refractivity contribution in [2.75, 3.05) is 5.32 Å². The van der Waals surface area contributed by atoms with E-state index in [2.05, 4.69) is 0 Å². The van der Waals surface area contributed by atoms with Gasteiger partial charge < -0.3 is 9.88 Å². The summed E-state index contributed by atoms with van der Waals surface area (Å²) in [6, 6.07) is 6.72. The lowest BCUT2D eigenvalue weighted by Crippen LogP contribution is -2.24. The van der Waals surface area contributed by atoms with Crippen LogP contribution in [0.1, 0.15) is 10.4 Å². The van der Waals surface area contributed by atoms with E-state index >= 15 is 0 Å². The molecule has 0 spiro atoms. The van der Waals surface area contributed by atoms with E-state index in [1.807, 2.05) is 5.32 Å². The van der Waals surface area contributed by atoms with Crippen molar-refractivity contribution >= 4 is 22.5 Å². The van der Waals surface area contributed by atoms with E-state index in [9.17, 15) is 22.8 Å². The summed E-state index contributed by atoms with van der Waals surface area (Å²) in [6.45, 7) is 0. The molecule has 0 fully saturated rings. The van der Waals surface area contributed by atoms with E-state index in [0.29, 0.717) is 5.52 Å². The van der Waals surface area contributed by atoms with Crippen LogP contribution in [0.2, 0.25) is 0 Å². The second kappa shape index (κ2) is 5.84. The number of hydrogen-bond donors (Lipinski definition) is 1. The number of carbonyl (C=O) groups is 1. The number of aromatic nitrogens is 1. The number of nitrogens with one attached hydrogen (secondary N) is 1. The van der Waals surface area contributed by atoms with Crippen LogP contribution in [-0.4, -0.2) is 10.5 Å². The van der Waals surface area contributed by atoms with Crippen molar-refractivity contribution in [1.82, 2.24) is 4.57 Å². The summed E-state index contributed by atoms with van der Waals surface area (Å²) in [7, 11) is 1.57. The number of pyridine rings is 1. The average molecular weight is 332 g/mol. The molecule has 2 aromatic carbocycles. The molecule has 3 rings (SSSR count). The zero-order valence-electron chi connectivity index (χ0n) is 12.4. The SMILES string of the molecule is Cn1cc(C(=O)Nc2c(F)cccc2F)c(=O)c2cc(F)ccc21. The van der Waals surface area contributed by atoms with E-state index in [4.69, 9.17) is 0 Å². The van der Waals surface area contributed by atoms with Crippen molar-refractivity contribution in [2.45, 2.75) is 0 Å². The Bertz CT molecular complexity index is 1010. The largest absolute Gasteiger partial charge is 0.350 e. The molecule has 7 heteroatoms. The Morgan fingerprint density at radius 3 is 2.42 bits per heavy atom. The molecular weight excluding hydrogens is 321 g/mol. The van der Waals surface area contributed by atoms with Crippen LogP contribution >= 0.6 is 0 Å². The van der Waals surface area contributed by atoms with Gasteiger partial charge >= 0.3 is 0 Å². The van der Waals surface area contributed by atoms with Crippen LogP contribution in [0.15, 0.2) is 47.4 Å². The van der Waals surface area contributed by atoms with Crippen molar-refractivity contribution in [3.8, 4) is 0 Å². The van der Waals surface area contributed by atoms with Crippen molar-refractivity contribution in [1.29, 1.82) is 0 Å². The molecule has 24 heavy (non-hydrogen) atoms. The summed E-state index contributed by atoms with van der Waals surface area (Å²) < 4.78 is 42.1. The third-order valence-electron chi connectivity index (χ3n) is 3.60. The number of rotatable bonds is 2. The fourth-order valence-electron chi connectivity index (χ4n) is 2.42. The van der Waals surface area contributed by atoms with Gasteiger partial charge in [0.1, 0.15) is 28.7 Å². The first kappa shape index (κ1) is 15.8. The van der Waals surface area contributed by atoms with Gasteiger partial charge in [-0.2, -0.15) is 0 Å². The quantitative estimate of drug-likeness (QED) is 0.783. The van der Waals surface area contributed by atoms with E-state index < -0.39 is 34.5 Å². The molecule has 1 aromatic heterocycles. The van der Waals surface area contributed by atoms with Crippen LogP contribution in [0.4, 0.5) is 18.9 Å². The minimum absolute atomic E-state index is 0.000782. The predicted molar refractivity (Wildman–Crippen MR) is 83.5 cm³/mol. The molecule has 1 heterocycles. The highest BCUT2D eigenvalue weighted by atomic mass is 19.1. The smallest absolute Gasteiger partial charge is 0.261 e. The lowest BCUT2D eigenvalue weighted by molar-refractivity contribution is 0.102. The molecule has 122 valence electrons. The molecule has 0 atom stereocenters. The Hall–Kier alpha value is -3.09. The molecule has 4 nitrogen and oxygen atoms in total. The summed E-state index contributed by atoms with van der Waals surface area (Å²) in [6.07, 6.45) is 1.23. The summed E-state index contributed by atoms with van der Waals surface area (Å²) in [5, 5.41) is 2.05. The van der Waals surface area contributed by atoms with Gasteiger partial charge in [-0.1, -0.05) is 6.07 Å². The predicted octanol–water partition coefficient (Wildman–Crippen LogP) is 3.21. The van der Waals surface area contributed by atoms with Gasteiger partial charge in [0.15, 0.2) is 0 Å². The lowest BCUT2D eigenvalue weighted by Gasteiger charge is -2.10. The summed E-state index contributed by atoms with van der Waals surface area (Å²) in [5.41, 5.74) is -1.30. The minimum atomic E-state index is -0.981. The van der Waals surface area contributed by atoms with Crippen LogP contribution < -0.4 is 10.7 Å². The number of anilines is 1. The number of para-hydroxylation sites is 1. The topological polar surface area (TPSA) is 51.1 Å². The maximum atomic E-state index is 13.6. The molecule has 0 radical (unpaired) electrons. The van der Waals surface area contributed by atoms with Gasteiger partial charge in [-0.25, -0.2) is 13.2 Å². The van der Waals surface area contributed by atoms with Gasteiger partial charge in [-0.3, -0.25) is 9.59 Å². The normalized spacial score (nSPS) is 10.8. The third kappa shape index (κ3) is 2.64. The van der Waals surface area contributed by atoms with Crippen molar-refractivity contribution in [3.63, 3.8) is 0 Å². The number of hydrogen-bond acceptors (Lipinski definition) is 2. The van der Waals surface area contributed by atoms with Crippen LogP contribution in [-0.2, 0) is 7.05 Å². The van der Waals surface area contributed by atoms with Crippen molar-refractivity contribution in [2.24, 2.45) is 7.05 Å². The molecular formula is C17H11F3N2O2. The Morgan fingerprint density at radius 2 is 1.75 bits per heavy atom. The van der Waals surface area contributed by atoms with E-state index in [0.717, 1.165) is 24.3 Å². The van der Waals surface area contributed by atoms with Gasteiger partial charge in [0, 0.05) is 18.6 Å². The number of carbonyl (C=O) groups excluding carboxylic acids is 1. The van der Waals surface area contributed by atoms with Gasteiger partial charge in [-0.15, -0.1) is 0 Å². The molecule has 0 aliphatic heterocycles. The number of halogens is 3. The molecule has 0 saturated carbocycles. The molecule has 0 bridgehead atoms. The standard InChI is InChI=1S/C17H11F3N2O2/c1-22-8-11(16(23)10-7-9(18)5-6-14(10)22)17(24)21-15-12(19)3-2-4-13(15)20/h2-8H,1H3,(H,21,24). The van der Waals surface area contributed by atoms with Crippen LogP contribution in [0.5, 0.6) is 0 Å².